The van der Waals surface area contributed by atoms with E-state index < -0.39 is 5.97 Å². The highest BCUT2D eigenvalue weighted by Gasteiger charge is 2.12. The van der Waals surface area contributed by atoms with Crippen molar-refractivity contribution in [2.75, 3.05) is 0 Å². The Labute approximate surface area is 82.4 Å². The number of aliphatic carboxylic acids is 1. The van der Waals surface area contributed by atoms with Crippen molar-refractivity contribution in [3.05, 3.63) is 34.1 Å². The molecule has 1 N–H and O–H groups in total. The van der Waals surface area contributed by atoms with Crippen LogP contribution in [0.25, 0.3) is 0 Å². The summed E-state index contributed by atoms with van der Waals surface area (Å²) in [5.74, 6) is -1.23. The van der Waals surface area contributed by atoms with Gasteiger partial charge in [0.15, 0.2) is 0 Å². The largest absolute Gasteiger partial charge is 0.481 e. The quantitative estimate of drug-likeness (QED) is 0.788. The van der Waals surface area contributed by atoms with Gasteiger partial charge >= 0.3 is 5.97 Å². The average Bonchev–Trinajstić information content (AvgIpc) is 2.09. The number of aryl methyl sites for hydroxylation is 2. The van der Waals surface area contributed by atoms with Crippen LogP contribution in [-0.4, -0.2) is 11.1 Å². The van der Waals surface area contributed by atoms with Crippen LogP contribution in [0.4, 0.5) is 4.39 Å². The van der Waals surface area contributed by atoms with Crippen LogP contribution in [0.5, 0.6) is 0 Å². The van der Waals surface area contributed by atoms with Crippen molar-refractivity contribution in [2.24, 2.45) is 0 Å². The van der Waals surface area contributed by atoms with E-state index in [1.807, 2.05) is 0 Å². The summed E-state index contributed by atoms with van der Waals surface area (Å²) in [6, 6.07) is 1.68. The molecule has 0 saturated heterocycles. The van der Waals surface area contributed by atoms with Crippen LogP contribution in [-0.2, 0) is 11.2 Å². The molecule has 0 spiro atoms. The normalized spacial score (nSPS) is 10.3. The van der Waals surface area contributed by atoms with Gasteiger partial charge in [0.05, 0.1) is 6.42 Å². The molecule has 3 heteroatoms. The van der Waals surface area contributed by atoms with E-state index in [-0.39, 0.29) is 12.2 Å². The molecule has 2 nitrogen and oxygen atoms in total. The molecule has 0 atom stereocenters. The molecule has 0 unspecified atom stereocenters. The zero-order valence-electron chi connectivity index (χ0n) is 8.52. The third-order valence-corrected chi connectivity index (χ3v) is 2.37. The van der Waals surface area contributed by atoms with E-state index in [1.54, 1.807) is 26.8 Å². The molecule has 1 aromatic rings. The van der Waals surface area contributed by atoms with Gasteiger partial charge in [0.2, 0.25) is 0 Å². The number of hydrogen-bond acceptors (Lipinski definition) is 1. The van der Waals surface area contributed by atoms with Gasteiger partial charge in [-0.15, -0.1) is 0 Å². The van der Waals surface area contributed by atoms with Crippen LogP contribution in [0.1, 0.15) is 22.3 Å². The highest BCUT2D eigenvalue weighted by Crippen LogP contribution is 2.21. The predicted molar refractivity (Wildman–Crippen MR) is 52.0 cm³/mol. The highest BCUT2D eigenvalue weighted by molar-refractivity contribution is 5.71. The first kappa shape index (κ1) is 10.7. The molecule has 0 aliphatic heterocycles. The third-order valence-electron chi connectivity index (χ3n) is 2.37. The van der Waals surface area contributed by atoms with E-state index in [0.717, 1.165) is 5.56 Å². The Morgan fingerprint density at radius 2 is 1.93 bits per heavy atom. The molecule has 0 bridgehead atoms. The van der Waals surface area contributed by atoms with Crippen LogP contribution in [0.15, 0.2) is 6.07 Å². The monoisotopic (exact) mass is 196 g/mol. The van der Waals surface area contributed by atoms with Crippen molar-refractivity contribution in [2.45, 2.75) is 27.2 Å². The first-order valence-electron chi connectivity index (χ1n) is 4.40. The van der Waals surface area contributed by atoms with Crippen molar-refractivity contribution in [1.29, 1.82) is 0 Å². The predicted octanol–water partition coefficient (Wildman–Crippen LogP) is 2.38. The standard InChI is InChI=1S/C11H13FO2/c1-6-4-7(2)11(12)8(3)9(6)5-10(13)14/h4H,5H2,1-3H3,(H,13,14). The van der Waals surface area contributed by atoms with E-state index in [9.17, 15) is 9.18 Å². The lowest BCUT2D eigenvalue weighted by molar-refractivity contribution is -0.136. The molecular formula is C11H13FO2. The second-order valence-electron chi connectivity index (χ2n) is 3.50. The molecule has 1 aromatic carbocycles. The number of halogens is 1. The summed E-state index contributed by atoms with van der Waals surface area (Å²) in [6.07, 6.45) is -0.116. The van der Waals surface area contributed by atoms with Gasteiger partial charge in [-0.3, -0.25) is 4.79 Å². The van der Waals surface area contributed by atoms with Crippen LogP contribution in [0.2, 0.25) is 0 Å². The van der Waals surface area contributed by atoms with Gasteiger partial charge in [-0.2, -0.15) is 0 Å². The lowest BCUT2D eigenvalue weighted by Crippen LogP contribution is -2.06. The van der Waals surface area contributed by atoms with Gasteiger partial charge in [0.1, 0.15) is 5.82 Å². The van der Waals surface area contributed by atoms with E-state index in [4.69, 9.17) is 5.11 Å². The fourth-order valence-electron chi connectivity index (χ4n) is 1.62. The minimum Gasteiger partial charge on any atom is -0.481 e. The maximum absolute atomic E-state index is 13.4. The zero-order chi connectivity index (χ0) is 10.9. The van der Waals surface area contributed by atoms with E-state index >= 15 is 0 Å². The van der Waals surface area contributed by atoms with Crippen molar-refractivity contribution in [3.8, 4) is 0 Å². The zero-order valence-corrected chi connectivity index (χ0v) is 8.52. The molecule has 0 aromatic heterocycles. The Balaban J connectivity index is 3.29. The third kappa shape index (κ3) is 1.92. The Hall–Kier alpha value is -1.38. The summed E-state index contributed by atoms with van der Waals surface area (Å²) >= 11 is 0. The number of carboxylic acids is 1. The number of carbonyl (C=O) groups is 1. The maximum atomic E-state index is 13.4. The topological polar surface area (TPSA) is 37.3 Å². The van der Waals surface area contributed by atoms with Gasteiger partial charge in [-0.05, 0) is 43.0 Å². The first-order valence-corrected chi connectivity index (χ1v) is 4.40. The number of rotatable bonds is 2. The molecular weight excluding hydrogens is 183 g/mol. The maximum Gasteiger partial charge on any atom is 0.307 e. The second kappa shape index (κ2) is 3.78. The van der Waals surface area contributed by atoms with Crippen molar-refractivity contribution in [1.82, 2.24) is 0 Å². The average molecular weight is 196 g/mol. The van der Waals surface area contributed by atoms with Gasteiger partial charge in [0, 0.05) is 0 Å². The summed E-state index contributed by atoms with van der Waals surface area (Å²) in [7, 11) is 0. The summed E-state index contributed by atoms with van der Waals surface area (Å²) in [6.45, 7) is 5.10. The Morgan fingerprint density at radius 1 is 1.36 bits per heavy atom. The van der Waals surface area contributed by atoms with Crippen molar-refractivity contribution >= 4 is 5.97 Å². The molecule has 0 saturated carbocycles. The van der Waals surface area contributed by atoms with Crippen LogP contribution >= 0.6 is 0 Å². The Morgan fingerprint density at radius 3 is 2.43 bits per heavy atom. The highest BCUT2D eigenvalue weighted by atomic mass is 19.1. The lowest BCUT2D eigenvalue weighted by Gasteiger charge is -2.10. The fourth-order valence-corrected chi connectivity index (χ4v) is 1.62. The number of hydrogen-bond donors (Lipinski definition) is 1. The molecule has 1 rings (SSSR count). The van der Waals surface area contributed by atoms with Crippen LogP contribution < -0.4 is 0 Å². The number of benzene rings is 1. The second-order valence-corrected chi connectivity index (χ2v) is 3.50. The molecule has 0 fully saturated rings. The molecule has 14 heavy (non-hydrogen) atoms. The smallest absolute Gasteiger partial charge is 0.307 e. The van der Waals surface area contributed by atoms with Gasteiger partial charge in [-0.25, -0.2) is 4.39 Å². The SMILES string of the molecule is Cc1cc(C)c(CC(=O)O)c(C)c1F. The Bertz CT molecular complexity index is 383. The summed E-state index contributed by atoms with van der Waals surface area (Å²) in [5.41, 5.74) is 2.43. The van der Waals surface area contributed by atoms with Gasteiger partial charge in [-0.1, -0.05) is 6.07 Å². The molecule has 0 heterocycles. The minimum atomic E-state index is -0.931. The van der Waals surface area contributed by atoms with Crippen LogP contribution in [0.3, 0.4) is 0 Å². The first-order chi connectivity index (χ1) is 6.43. The number of carboxylic acid groups (broad SMARTS) is 1. The van der Waals surface area contributed by atoms with E-state index in [1.165, 1.54) is 0 Å². The minimum absolute atomic E-state index is 0.116. The molecule has 0 aliphatic rings. The fraction of sp³-hybridized carbons (Fsp3) is 0.364. The van der Waals surface area contributed by atoms with E-state index in [0.29, 0.717) is 16.7 Å². The van der Waals surface area contributed by atoms with Crippen molar-refractivity contribution in [3.63, 3.8) is 0 Å². The lowest BCUT2D eigenvalue weighted by atomic mass is 9.97. The van der Waals surface area contributed by atoms with Crippen molar-refractivity contribution < 1.29 is 14.3 Å². The summed E-state index contributed by atoms with van der Waals surface area (Å²) < 4.78 is 13.4. The van der Waals surface area contributed by atoms with Crippen LogP contribution in [0, 0.1) is 26.6 Å². The molecule has 0 amide bonds. The molecule has 76 valence electrons. The van der Waals surface area contributed by atoms with Gasteiger partial charge < -0.3 is 5.11 Å². The van der Waals surface area contributed by atoms with Gasteiger partial charge in [0.25, 0.3) is 0 Å². The Kier molecular flexibility index (Phi) is 2.89. The molecule has 0 radical (unpaired) electrons. The molecule has 0 aliphatic carbocycles. The van der Waals surface area contributed by atoms with E-state index in [2.05, 4.69) is 0 Å². The summed E-state index contributed by atoms with van der Waals surface area (Å²) in [4.78, 5) is 10.5. The summed E-state index contributed by atoms with van der Waals surface area (Å²) in [5, 5.41) is 8.65.